The van der Waals surface area contributed by atoms with Gasteiger partial charge in [-0.2, -0.15) is 4.98 Å². The Morgan fingerprint density at radius 1 is 1.65 bits per heavy atom. The second-order valence-electron chi connectivity index (χ2n) is 4.25. The molecule has 0 spiro atoms. The molecule has 0 saturated carbocycles. The number of rotatable bonds is 4. The standard InChI is InChI=1S/C12H19N5O3/c1-3-20-12-9(13)10(15-7-16-12)17-4-5-19-6-8(17)11(18)14-2/h7-8H,3-6,13H2,1-2H3,(H,14,18). The molecule has 0 aromatic carbocycles. The SMILES string of the molecule is CCOc1ncnc(N2CCOCC2C(=O)NC)c1N. The minimum atomic E-state index is -0.458. The summed E-state index contributed by atoms with van der Waals surface area (Å²) in [7, 11) is 1.59. The number of hydrogen-bond donors (Lipinski definition) is 2. The normalized spacial score (nSPS) is 18.7. The van der Waals surface area contributed by atoms with Crippen molar-refractivity contribution in [2.45, 2.75) is 13.0 Å². The van der Waals surface area contributed by atoms with Crippen LogP contribution in [0, 0.1) is 0 Å². The van der Waals surface area contributed by atoms with E-state index in [-0.39, 0.29) is 5.91 Å². The van der Waals surface area contributed by atoms with Crippen LogP contribution in [0.25, 0.3) is 0 Å². The van der Waals surface area contributed by atoms with E-state index in [1.54, 1.807) is 7.05 Å². The van der Waals surface area contributed by atoms with Gasteiger partial charge < -0.3 is 25.4 Å². The van der Waals surface area contributed by atoms with E-state index >= 15 is 0 Å². The van der Waals surface area contributed by atoms with E-state index in [2.05, 4.69) is 15.3 Å². The van der Waals surface area contributed by atoms with Crippen LogP contribution >= 0.6 is 0 Å². The number of nitrogens with two attached hydrogens (primary N) is 1. The van der Waals surface area contributed by atoms with E-state index in [1.807, 2.05) is 11.8 Å². The van der Waals surface area contributed by atoms with Crippen LogP contribution in [0.15, 0.2) is 6.33 Å². The van der Waals surface area contributed by atoms with Gasteiger partial charge in [0.05, 0.1) is 19.8 Å². The first kappa shape index (κ1) is 14.3. The smallest absolute Gasteiger partial charge is 0.244 e. The van der Waals surface area contributed by atoms with E-state index in [4.69, 9.17) is 15.2 Å². The third-order valence-electron chi connectivity index (χ3n) is 3.06. The molecule has 8 heteroatoms. The molecule has 110 valence electrons. The molecule has 1 aromatic heterocycles. The molecule has 1 atom stereocenters. The second kappa shape index (κ2) is 6.38. The Hall–Kier alpha value is -2.09. The second-order valence-corrected chi connectivity index (χ2v) is 4.25. The molecule has 1 saturated heterocycles. The molecule has 1 unspecified atom stereocenters. The lowest BCUT2D eigenvalue weighted by Gasteiger charge is -2.35. The van der Waals surface area contributed by atoms with Crippen LogP contribution in [-0.2, 0) is 9.53 Å². The van der Waals surface area contributed by atoms with Crippen molar-refractivity contribution >= 4 is 17.4 Å². The lowest BCUT2D eigenvalue weighted by atomic mass is 10.2. The zero-order valence-electron chi connectivity index (χ0n) is 11.6. The topological polar surface area (TPSA) is 103 Å². The summed E-state index contributed by atoms with van der Waals surface area (Å²) in [6.07, 6.45) is 1.38. The van der Waals surface area contributed by atoms with Gasteiger partial charge in [-0.05, 0) is 6.92 Å². The van der Waals surface area contributed by atoms with Crippen molar-refractivity contribution in [1.29, 1.82) is 0 Å². The number of nitrogen functional groups attached to an aromatic ring is 1. The monoisotopic (exact) mass is 281 g/mol. The lowest BCUT2D eigenvalue weighted by Crippen LogP contribution is -2.53. The molecule has 1 aliphatic heterocycles. The van der Waals surface area contributed by atoms with E-state index in [9.17, 15) is 4.79 Å². The average Bonchev–Trinajstić information content (AvgIpc) is 2.49. The summed E-state index contributed by atoms with van der Waals surface area (Å²) in [4.78, 5) is 21.9. The summed E-state index contributed by atoms with van der Waals surface area (Å²) < 4.78 is 10.7. The summed E-state index contributed by atoms with van der Waals surface area (Å²) in [5.74, 6) is 0.695. The van der Waals surface area contributed by atoms with Gasteiger partial charge in [-0.3, -0.25) is 4.79 Å². The van der Waals surface area contributed by atoms with Crippen molar-refractivity contribution in [2.24, 2.45) is 0 Å². The highest BCUT2D eigenvalue weighted by atomic mass is 16.5. The fraction of sp³-hybridized carbons (Fsp3) is 0.583. The number of anilines is 2. The first-order valence-corrected chi connectivity index (χ1v) is 6.48. The maximum absolute atomic E-state index is 11.9. The molecule has 0 radical (unpaired) electrons. The Kier molecular flexibility index (Phi) is 4.57. The highest BCUT2D eigenvalue weighted by molar-refractivity contribution is 5.86. The van der Waals surface area contributed by atoms with Crippen molar-refractivity contribution in [3.63, 3.8) is 0 Å². The Labute approximate surface area is 117 Å². The zero-order chi connectivity index (χ0) is 14.5. The number of ether oxygens (including phenoxy) is 2. The van der Waals surface area contributed by atoms with Crippen LogP contribution in [0.5, 0.6) is 5.88 Å². The molecule has 3 N–H and O–H groups in total. The largest absolute Gasteiger partial charge is 0.476 e. The van der Waals surface area contributed by atoms with Crippen LogP contribution < -0.4 is 20.7 Å². The fourth-order valence-electron chi connectivity index (χ4n) is 2.09. The number of nitrogens with zero attached hydrogens (tertiary/aromatic N) is 3. The number of amides is 1. The van der Waals surface area contributed by atoms with Gasteiger partial charge in [0.15, 0.2) is 5.82 Å². The molecule has 1 amide bonds. The molecule has 1 aromatic rings. The molecule has 2 rings (SSSR count). The van der Waals surface area contributed by atoms with Crippen molar-refractivity contribution in [3.8, 4) is 5.88 Å². The zero-order valence-corrected chi connectivity index (χ0v) is 11.6. The minimum absolute atomic E-state index is 0.138. The summed E-state index contributed by atoms with van der Waals surface area (Å²) >= 11 is 0. The maximum atomic E-state index is 11.9. The summed E-state index contributed by atoms with van der Waals surface area (Å²) in [6.45, 7) is 3.66. The average molecular weight is 281 g/mol. The molecule has 2 heterocycles. The van der Waals surface area contributed by atoms with Gasteiger partial charge in [0.2, 0.25) is 11.8 Å². The summed E-state index contributed by atoms with van der Waals surface area (Å²) in [6, 6.07) is -0.458. The van der Waals surface area contributed by atoms with Gasteiger partial charge in [0.1, 0.15) is 18.1 Å². The Morgan fingerprint density at radius 2 is 2.45 bits per heavy atom. The molecule has 1 aliphatic rings. The van der Waals surface area contributed by atoms with Crippen molar-refractivity contribution in [1.82, 2.24) is 15.3 Å². The number of morpholine rings is 1. The number of carbonyl (C=O) groups is 1. The number of hydrogen-bond acceptors (Lipinski definition) is 7. The van der Waals surface area contributed by atoms with E-state index in [1.165, 1.54) is 6.33 Å². The third-order valence-corrected chi connectivity index (χ3v) is 3.06. The lowest BCUT2D eigenvalue weighted by molar-refractivity contribution is -0.124. The molecule has 8 nitrogen and oxygen atoms in total. The highest BCUT2D eigenvalue weighted by Gasteiger charge is 2.31. The minimum Gasteiger partial charge on any atom is -0.476 e. The van der Waals surface area contributed by atoms with Crippen molar-refractivity contribution in [3.05, 3.63) is 6.33 Å². The van der Waals surface area contributed by atoms with Gasteiger partial charge in [0.25, 0.3) is 0 Å². The first-order valence-electron chi connectivity index (χ1n) is 6.48. The van der Waals surface area contributed by atoms with Gasteiger partial charge >= 0.3 is 0 Å². The quantitative estimate of drug-likeness (QED) is 0.760. The van der Waals surface area contributed by atoms with Gasteiger partial charge in [-0.1, -0.05) is 0 Å². The number of nitrogens with one attached hydrogen (secondary N) is 1. The predicted octanol–water partition coefficient (Wildman–Crippen LogP) is -0.591. The molecule has 0 aliphatic carbocycles. The molecular weight excluding hydrogens is 262 g/mol. The van der Waals surface area contributed by atoms with E-state index in [0.717, 1.165) is 0 Å². The van der Waals surface area contributed by atoms with Gasteiger partial charge in [-0.15, -0.1) is 0 Å². The maximum Gasteiger partial charge on any atom is 0.244 e. The molecule has 0 bridgehead atoms. The van der Waals surface area contributed by atoms with E-state index < -0.39 is 6.04 Å². The van der Waals surface area contributed by atoms with Crippen LogP contribution in [0.1, 0.15) is 6.92 Å². The number of aromatic nitrogens is 2. The van der Waals surface area contributed by atoms with Gasteiger partial charge in [0, 0.05) is 13.6 Å². The van der Waals surface area contributed by atoms with Crippen molar-refractivity contribution in [2.75, 3.05) is 44.0 Å². The summed E-state index contributed by atoms with van der Waals surface area (Å²) in [5, 5.41) is 2.62. The Bertz CT molecular complexity index is 482. The number of likely N-dealkylation sites (N-methyl/N-ethyl adjacent to an activating group) is 1. The van der Waals surface area contributed by atoms with Crippen LogP contribution in [-0.4, -0.2) is 55.3 Å². The Balaban J connectivity index is 2.32. The third kappa shape index (κ3) is 2.74. The van der Waals surface area contributed by atoms with Crippen molar-refractivity contribution < 1.29 is 14.3 Å². The molecule has 20 heavy (non-hydrogen) atoms. The predicted molar refractivity (Wildman–Crippen MR) is 73.6 cm³/mol. The number of carbonyl (C=O) groups excluding carboxylic acids is 1. The first-order chi connectivity index (χ1) is 9.69. The molecule has 1 fully saturated rings. The van der Waals surface area contributed by atoms with Crippen LogP contribution in [0.4, 0.5) is 11.5 Å². The molecular formula is C12H19N5O3. The van der Waals surface area contributed by atoms with Crippen LogP contribution in [0.3, 0.4) is 0 Å². The van der Waals surface area contributed by atoms with E-state index in [0.29, 0.717) is 43.8 Å². The highest BCUT2D eigenvalue weighted by Crippen LogP contribution is 2.30. The van der Waals surface area contributed by atoms with Gasteiger partial charge in [-0.25, -0.2) is 4.98 Å². The van der Waals surface area contributed by atoms with Crippen LogP contribution in [0.2, 0.25) is 0 Å². The Morgan fingerprint density at radius 3 is 3.15 bits per heavy atom. The summed E-state index contributed by atoms with van der Waals surface area (Å²) in [5.41, 5.74) is 6.38. The fourth-order valence-corrected chi connectivity index (χ4v) is 2.09.